The topological polar surface area (TPSA) is 71.5 Å². The standard InChI is InChI=1S/C23H22F2N6/c24-17-6-3-7-18(25)22(17)20-11-10-16-13-27-23(31(16)29-20)28-19-8-1-2-9-21(19)30-12-4-5-15(26)14-30/h1-3,6-11,13,15H,4-5,12,14,26H2,(H,27,28). The van der Waals surface area contributed by atoms with Gasteiger partial charge in [-0.25, -0.2) is 13.8 Å². The van der Waals surface area contributed by atoms with E-state index in [1.165, 1.54) is 18.2 Å². The molecule has 0 spiro atoms. The normalized spacial score (nSPS) is 16.6. The molecule has 0 amide bonds. The molecule has 2 aromatic heterocycles. The van der Waals surface area contributed by atoms with Crippen LogP contribution in [0, 0.1) is 11.6 Å². The third-order valence-electron chi connectivity index (χ3n) is 5.55. The predicted molar refractivity (Wildman–Crippen MR) is 117 cm³/mol. The van der Waals surface area contributed by atoms with Gasteiger partial charge in [-0.05, 0) is 49.2 Å². The number of benzene rings is 2. The van der Waals surface area contributed by atoms with Crippen molar-refractivity contribution in [2.45, 2.75) is 18.9 Å². The number of rotatable bonds is 4. The van der Waals surface area contributed by atoms with E-state index in [0.717, 1.165) is 37.3 Å². The molecule has 0 saturated carbocycles. The van der Waals surface area contributed by atoms with E-state index >= 15 is 0 Å². The first-order chi connectivity index (χ1) is 15.1. The van der Waals surface area contributed by atoms with Gasteiger partial charge in [-0.3, -0.25) is 0 Å². The van der Waals surface area contributed by atoms with Crippen molar-refractivity contribution in [2.24, 2.45) is 5.73 Å². The van der Waals surface area contributed by atoms with Crippen molar-refractivity contribution in [3.05, 3.63) is 72.4 Å². The molecule has 0 radical (unpaired) electrons. The first-order valence-corrected chi connectivity index (χ1v) is 10.3. The van der Waals surface area contributed by atoms with Gasteiger partial charge in [-0.2, -0.15) is 9.61 Å². The van der Waals surface area contributed by atoms with Gasteiger partial charge in [0.25, 0.3) is 0 Å². The van der Waals surface area contributed by atoms with E-state index in [1.54, 1.807) is 22.8 Å². The fourth-order valence-electron chi connectivity index (χ4n) is 4.05. The zero-order chi connectivity index (χ0) is 21.4. The lowest BCUT2D eigenvalue weighted by Crippen LogP contribution is -2.43. The van der Waals surface area contributed by atoms with E-state index in [9.17, 15) is 8.78 Å². The number of aromatic nitrogens is 3. The Kier molecular flexibility index (Phi) is 4.99. The minimum absolute atomic E-state index is 0.147. The number of imidazole rings is 1. The van der Waals surface area contributed by atoms with Crippen molar-refractivity contribution in [1.82, 2.24) is 14.6 Å². The number of hydrogen-bond donors (Lipinski definition) is 2. The molecule has 1 saturated heterocycles. The first-order valence-electron chi connectivity index (χ1n) is 10.3. The van der Waals surface area contributed by atoms with Crippen LogP contribution >= 0.6 is 0 Å². The van der Waals surface area contributed by atoms with E-state index in [4.69, 9.17) is 5.73 Å². The highest BCUT2D eigenvalue weighted by atomic mass is 19.1. The molecule has 1 unspecified atom stereocenters. The molecule has 4 aromatic rings. The van der Waals surface area contributed by atoms with E-state index in [-0.39, 0.29) is 17.3 Å². The lowest BCUT2D eigenvalue weighted by atomic mass is 10.1. The smallest absolute Gasteiger partial charge is 0.229 e. The largest absolute Gasteiger partial charge is 0.368 e. The number of halogens is 2. The van der Waals surface area contributed by atoms with Gasteiger partial charge in [-0.15, -0.1) is 0 Å². The predicted octanol–water partition coefficient (Wildman–Crippen LogP) is 4.35. The summed E-state index contributed by atoms with van der Waals surface area (Å²) in [5, 5.41) is 7.79. The molecule has 8 heteroatoms. The molecular weight excluding hydrogens is 398 g/mol. The summed E-state index contributed by atoms with van der Waals surface area (Å²) in [6.45, 7) is 1.72. The molecule has 0 aliphatic carbocycles. The zero-order valence-electron chi connectivity index (χ0n) is 16.8. The summed E-state index contributed by atoms with van der Waals surface area (Å²) in [6, 6.07) is 15.2. The Balaban J connectivity index is 1.52. The second kappa shape index (κ2) is 7.96. The molecule has 0 bridgehead atoms. The highest BCUT2D eigenvalue weighted by Gasteiger charge is 2.20. The Morgan fingerprint density at radius 2 is 1.81 bits per heavy atom. The van der Waals surface area contributed by atoms with Crippen LogP contribution in [0.25, 0.3) is 16.8 Å². The Labute approximate surface area is 178 Å². The third-order valence-corrected chi connectivity index (χ3v) is 5.55. The number of nitrogens with one attached hydrogen (secondary N) is 1. The highest BCUT2D eigenvalue weighted by molar-refractivity contribution is 5.75. The summed E-state index contributed by atoms with van der Waals surface area (Å²) >= 11 is 0. The van der Waals surface area contributed by atoms with Crippen molar-refractivity contribution < 1.29 is 8.78 Å². The minimum Gasteiger partial charge on any atom is -0.368 e. The quantitative estimate of drug-likeness (QED) is 0.514. The maximum Gasteiger partial charge on any atom is 0.229 e. The third kappa shape index (κ3) is 3.70. The zero-order valence-corrected chi connectivity index (χ0v) is 16.8. The van der Waals surface area contributed by atoms with E-state index in [0.29, 0.717) is 11.5 Å². The van der Waals surface area contributed by atoms with Crippen LogP contribution in [-0.2, 0) is 0 Å². The van der Waals surface area contributed by atoms with Gasteiger partial charge in [0.05, 0.1) is 34.3 Å². The van der Waals surface area contributed by atoms with E-state index in [2.05, 4.69) is 20.3 Å². The summed E-state index contributed by atoms with van der Waals surface area (Å²) in [4.78, 5) is 6.69. The van der Waals surface area contributed by atoms with Gasteiger partial charge in [0.2, 0.25) is 5.95 Å². The fraction of sp³-hybridized carbons (Fsp3) is 0.217. The Morgan fingerprint density at radius 1 is 1.00 bits per heavy atom. The molecule has 1 aliphatic heterocycles. The number of nitrogens with two attached hydrogens (primary N) is 1. The lowest BCUT2D eigenvalue weighted by Gasteiger charge is -2.33. The van der Waals surface area contributed by atoms with Gasteiger partial charge in [0, 0.05) is 19.1 Å². The van der Waals surface area contributed by atoms with Crippen LogP contribution in [0.2, 0.25) is 0 Å². The molecule has 5 rings (SSSR count). The van der Waals surface area contributed by atoms with Crippen LogP contribution in [0.4, 0.5) is 26.1 Å². The molecule has 3 heterocycles. The summed E-state index contributed by atoms with van der Waals surface area (Å²) in [5.41, 5.74) is 8.81. The van der Waals surface area contributed by atoms with E-state index < -0.39 is 11.6 Å². The molecule has 1 aliphatic rings. The molecular formula is C23H22F2N6. The van der Waals surface area contributed by atoms with Crippen molar-refractivity contribution >= 4 is 22.8 Å². The van der Waals surface area contributed by atoms with Crippen molar-refractivity contribution in [2.75, 3.05) is 23.3 Å². The first kappa shape index (κ1) is 19.4. The fourth-order valence-corrected chi connectivity index (χ4v) is 4.05. The van der Waals surface area contributed by atoms with Crippen LogP contribution in [0.5, 0.6) is 0 Å². The SMILES string of the molecule is NC1CCCN(c2ccccc2Nc2ncc3ccc(-c4c(F)cccc4F)nn23)C1. The Bertz CT molecular complexity index is 1220. The maximum absolute atomic E-state index is 14.3. The second-order valence-corrected chi connectivity index (χ2v) is 7.72. The molecule has 6 nitrogen and oxygen atoms in total. The minimum atomic E-state index is -0.659. The molecule has 1 atom stereocenters. The second-order valence-electron chi connectivity index (χ2n) is 7.72. The van der Waals surface area contributed by atoms with Crippen LogP contribution in [0.15, 0.2) is 60.8 Å². The number of nitrogens with zero attached hydrogens (tertiary/aromatic N) is 4. The molecule has 3 N–H and O–H groups in total. The van der Waals surface area contributed by atoms with Crippen molar-refractivity contribution in [3.63, 3.8) is 0 Å². The molecule has 2 aromatic carbocycles. The van der Waals surface area contributed by atoms with Crippen LogP contribution in [0.3, 0.4) is 0 Å². The van der Waals surface area contributed by atoms with Gasteiger partial charge >= 0.3 is 0 Å². The summed E-state index contributed by atoms with van der Waals surface area (Å²) in [7, 11) is 0. The lowest BCUT2D eigenvalue weighted by molar-refractivity contribution is 0.506. The number of fused-ring (bicyclic) bond motifs is 1. The number of piperidine rings is 1. The average Bonchev–Trinajstić information content (AvgIpc) is 3.16. The Morgan fingerprint density at radius 3 is 2.61 bits per heavy atom. The molecule has 1 fully saturated rings. The van der Waals surface area contributed by atoms with Gasteiger partial charge in [0.15, 0.2) is 0 Å². The van der Waals surface area contributed by atoms with Crippen molar-refractivity contribution in [1.29, 1.82) is 0 Å². The average molecular weight is 420 g/mol. The van der Waals surface area contributed by atoms with Gasteiger partial charge in [0.1, 0.15) is 11.6 Å². The number of para-hydroxylation sites is 2. The van der Waals surface area contributed by atoms with Crippen LogP contribution < -0.4 is 16.0 Å². The molecule has 31 heavy (non-hydrogen) atoms. The van der Waals surface area contributed by atoms with Crippen LogP contribution in [0.1, 0.15) is 12.8 Å². The van der Waals surface area contributed by atoms with Crippen molar-refractivity contribution in [3.8, 4) is 11.3 Å². The van der Waals surface area contributed by atoms with Gasteiger partial charge in [-0.1, -0.05) is 18.2 Å². The summed E-state index contributed by atoms with van der Waals surface area (Å²) < 4.78 is 30.1. The van der Waals surface area contributed by atoms with Gasteiger partial charge < -0.3 is 16.0 Å². The number of hydrogen-bond acceptors (Lipinski definition) is 5. The highest BCUT2D eigenvalue weighted by Crippen LogP contribution is 2.31. The monoisotopic (exact) mass is 420 g/mol. The summed E-state index contributed by atoms with van der Waals surface area (Å²) in [5.74, 6) is -0.858. The number of anilines is 3. The van der Waals surface area contributed by atoms with Crippen LogP contribution in [-0.4, -0.2) is 33.7 Å². The molecule has 158 valence electrons. The maximum atomic E-state index is 14.3. The summed E-state index contributed by atoms with van der Waals surface area (Å²) in [6.07, 6.45) is 3.73. The van der Waals surface area contributed by atoms with E-state index in [1.807, 2.05) is 24.3 Å². The Hall–Kier alpha value is -3.52.